The van der Waals surface area contributed by atoms with E-state index >= 15 is 0 Å². The third-order valence-corrected chi connectivity index (χ3v) is 3.62. The van der Waals surface area contributed by atoms with Gasteiger partial charge in [0.05, 0.1) is 11.8 Å². The molecule has 0 aliphatic carbocycles. The van der Waals surface area contributed by atoms with Crippen molar-refractivity contribution in [2.75, 3.05) is 5.32 Å². The predicted molar refractivity (Wildman–Crippen MR) is 85.7 cm³/mol. The molecule has 1 aromatic carbocycles. The first-order valence-corrected chi connectivity index (χ1v) is 7.71. The van der Waals surface area contributed by atoms with Crippen molar-refractivity contribution >= 4 is 55.1 Å². The van der Waals surface area contributed by atoms with Crippen LogP contribution in [0.2, 0.25) is 5.28 Å². The number of hydrogen-bond donors (Lipinski definition) is 1. The summed E-state index contributed by atoms with van der Waals surface area (Å²) in [7, 11) is 0. The van der Waals surface area contributed by atoms with Crippen molar-refractivity contribution in [2.24, 2.45) is 0 Å². The number of benzene rings is 1. The molecule has 0 unspecified atom stereocenters. The number of anilines is 2. The van der Waals surface area contributed by atoms with Crippen molar-refractivity contribution in [2.45, 2.75) is 20.0 Å². The van der Waals surface area contributed by atoms with E-state index in [2.05, 4.69) is 52.1 Å². The van der Waals surface area contributed by atoms with Crippen LogP contribution >= 0.6 is 43.5 Å². The van der Waals surface area contributed by atoms with Crippen LogP contribution in [0.4, 0.5) is 11.6 Å². The Hall–Kier alpha value is -0.920. The first-order valence-electron chi connectivity index (χ1n) is 5.75. The van der Waals surface area contributed by atoms with Crippen LogP contribution < -0.4 is 10.1 Å². The Bertz CT molecular complexity index is 604. The lowest BCUT2D eigenvalue weighted by Gasteiger charge is -2.11. The lowest BCUT2D eigenvalue weighted by atomic mass is 10.3. The molecule has 0 fully saturated rings. The molecule has 5 nitrogen and oxygen atoms in total. The zero-order valence-corrected chi connectivity index (χ0v) is 14.6. The average molecular weight is 423 g/mol. The molecule has 0 saturated carbocycles. The first-order chi connectivity index (χ1) is 9.45. The normalized spacial score (nSPS) is 10.7. The molecule has 0 aliphatic heterocycles. The minimum Gasteiger partial charge on any atom is -0.461 e. The summed E-state index contributed by atoms with van der Waals surface area (Å²) in [5.74, 6) is 0.313. The molecular weight excluding hydrogens is 411 g/mol. The van der Waals surface area contributed by atoms with Gasteiger partial charge in [-0.25, -0.2) is 0 Å². The van der Waals surface area contributed by atoms with Gasteiger partial charge in [0.2, 0.25) is 11.2 Å². The van der Waals surface area contributed by atoms with Crippen molar-refractivity contribution in [3.05, 3.63) is 32.4 Å². The third-order valence-electron chi connectivity index (χ3n) is 2.13. The van der Waals surface area contributed by atoms with E-state index in [1.807, 2.05) is 32.0 Å². The topological polar surface area (TPSA) is 59.9 Å². The van der Waals surface area contributed by atoms with Crippen molar-refractivity contribution in [3.63, 3.8) is 0 Å². The lowest BCUT2D eigenvalue weighted by molar-refractivity contribution is 0.222. The second kappa shape index (κ2) is 6.69. The van der Waals surface area contributed by atoms with E-state index in [0.717, 1.165) is 14.6 Å². The van der Waals surface area contributed by atoms with Gasteiger partial charge in [-0.1, -0.05) is 6.07 Å². The van der Waals surface area contributed by atoms with E-state index in [9.17, 15) is 0 Å². The Morgan fingerprint density at radius 3 is 2.40 bits per heavy atom. The molecule has 0 amide bonds. The summed E-state index contributed by atoms with van der Waals surface area (Å²) < 4.78 is 7.16. The Morgan fingerprint density at radius 1 is 1.15 bits per heavy atom. The largest absolute Gasteiger partial charge is 0.461 e. The summed E-state index contributed by atoms with van der Waals surface area (Å²) in [5, 5.41) is 3.15. The maximum atomic E-state index is 5.87. The molecule has 106 valence electrons. The summed E-state index contributed by atoms with van der Waals surface area (Å²) >= 11 is 12.8. The smallest absolute Gasteiger partial charge is 0.322 e. The Kier molecular flexibility index (Phi) is 5.17. The van der Waals surface area contributed by atoms with Crippen LogP contribution in [0.5, 0.6) is 6.01 Å². The van der Waals surface area contributed by atoms with Gasteiger partial charge in [-0.2, -0.15) is 15.0 Å². The lowest BCUT2D eigenvalue weighted by Crippen LogP contribution is -2.10. The summed E-state index contributed by atoms with van der Waals surface area (Å²) in [6, 6.07) is 5.90. The van der Waals surface area contributed by atoms with E-state index in [1.165, 1.54) is 0 Å². The Balaban J connectivity index is 2.31. The number of nitrogens with zero attached hydrogens (tertiary/aromatic N) is 3. The fraction of sp³-hybridized carbons (Fsp3) is 0.250. The maximum absolute atomic E-state index is 5.87. The number of nitrogens with one attached hydrogen (secondary N) is 1. The van der Waals surface area contributed by atoms with Gasteiger partial charge in [0.25, 0.3) is 0 Å². The number of hydrogen-bond acceptors (Lipinski definition) is 5. The molecule has 0 atom stereocenters. The van der Waals surface area contributed by atoms with Crippen molar-refractivity contribution < 1.29 is 4.74 Å². The highest BCUT2D eigenvalue weighted by Gasteiger charge is 2.11. The van der Waals surface area contributed by atoms with Crippen LogP contribution in [0.25, 0.3) is 0 Å². The van der Waals surface area contributed by atoms with E-state index in [1.54, 1.807) is 0 Å². The molecule has 0 bridgehead atoms. The van der Waals surface area contributed by atoms with Gasteiger partial charge in [-0.15, -0.1) is 0 Å². The van der Waals surface area contributed by atoms with E-state index < -0.39 is 0 Å². The van der Waals surface area contributed by atoms with Gasteiger partial charge in [-0.05, 0) is 69.4 Å². The third kappa shape index (κ3) is 4.04. The number of rotatable bonds is 4. The summed E-state index contributed by atoms with van der Waals surface area (Å²) in [4.78, 5) is 12.1. The minimum absolute atomic E-state index is 0.0449. The molecular formula is C12H11Br2ClN4O. The Labute approximate surface area is 138 Å². The monoisotopic (exact) mass is 420 g/mol. The molecule has 2 aromatic rings. The van der Waals surface area contributed by atoms with Gasteiger partial charge < -0.3 is 10.1 Å². The highest BCUT2D eigenvalue weighted by atomic mass is 79.9. The van der Waals surface area contributed by atoms with Gasteiger partial charge in [-0.3, -0.25) is 0 Å². The molecule has 1 N–H and O–H groups in total. The summed E-state index contributed by atoms with van der Waals surface area (Å²) in [6.07, 6.45) is -0.0449. The molecule has 8 heteroatoms. The molecule has 0 aliphatic rings. The predicted octanol–water partition coefficient (Wildman–Crippen LogP) is 4.58. The Morgan fingerprint density at radius 2 is 1.80 bits per heavy atom. The number of para-hydroxylation sites is 1. The zero-order chi connectivity index (χ0) is 14.7. The highest BCUT2D eigenvalue weighted by molar-refractivity contribution is 9.11. The molecule has 2 rings (SSSR count). The fourth-order valence-corrected chi connectivity index (χ4v) is 2.73. The van der Waals surface area contributed by atoms with Crippen LogP contribution in [0.15, 0.2) is 27.1 Å². The summed E-state index contributed by atoms with van der Waals surface area (Å²) in [5.41, 5.74) is 0.797. The minimum atomic E-state index is -0.0449. The first kappa shape index (κ1) is 15.5. The SMILES string of the molecule is CC(C)Oc1nc(Cl)nc(Nc2c(Br)cccc2Br)n1. The second-order valence-electron chi connectivity index (χ2n) is 4.10. The number of aromatic nitrogens is 3. The number of halogens is 3. The van der Waals surface area contributed by atoms with Crippen LogP contribution in [0, 0.1) is 0 Å². The van der Waals surface area contributed by atoms with E-state index in [0.29, 0.717) is 5.95 Å². The van der Waals surface area contributed by atoms with Crippen molar-refractivity contribution in [3.8, 4) is 6.01 Å². The van der Waals surface area contributed by atoms with Crippen LogP contribution in [0.1, 0.15) is 13.8 Å². The molecule has 1 aromatic heterocycles. The van der Waals surface area contributed by atoms with Crippen molar-refractivity contribution in [1.82, 2.24) is 15.0 Å². The van der Waals surface area contributed by atoms with E-state index in [-0.39, 0.29) is 17.4 Å². The van der Waals surface area contributed by atoms with Gasteiger partial charge in [0, 0.05) is 8.95 Å². The molecule has 20 heavy (non-hydrogen) atoms. The zero-order valence-electron chi connectivity index (χ0n) is 10.7. The molecule has 0 radical (unpaired) electrons. The van der Waals surface area contributed by atoms with Crippen molar-refractivity contribution in [1.29, 1.82) is 0 Å². The maximum Gasteiger partial charge on any atom is 0.322 e. The molecule has 0 saturated heterocycles. The average Bonchev–Trinajstić information content (AvgIpc) is 2.32. The van der Waals surface area contributed by atoms with E-state index in [4.69, 9.17) is 16.3 Å². The number of ether oxygens (including phenoxy) is 1. The van der Waals surface area contributed by atoms with Crippen LogP contribution in [0.3, 0.4) is 0 Å². The van der Waals surface area contributed by atoms with Crippen LogP contribution in [-0.4, -0.2) is 21.1 Å². The standard InChI is InChI=1S/C12H11Br2ClN4O/c1-6(2)20-12-18-10(15)17-11(19-12)16-9-7(13)4-3-5-8(9)14/h3-6H,1-2H3,(H,16,17,18,19). The molecule has 0 spiro atoms. The molecule has 1 heterocycles. The van der Waals surface area contributed by atoms with Gasteiger partial charge >= 0.3 is 6.01 Å². The quantitative estimate of drug-likeness (QED) is 0.782. The highest BCUT2D eigenvalue weighted by Crippen LogP contribution is 2.32. The second-order valence-corrected chi connectivity index (χ2v) is 6.15. The van der Waals surface area contributed by atoms with Gasteiger partial charge in [0.15, 0.2) is 0 Å². The van der Waals surface area contributed by atoms with Crippen LogP contribution in [-0.2, 0) is 0 Å². The summed E-state index contributed by atoms with van der Waals surface area (Å²) in [6.45, 7) is 3.77. The fourth-order valence-electron chi connectivity index (χ4n) is 1.38. The van der Waals surface area contributed by atoms with Gasteiger partial charge in [0.1, 0.15) is 0 Å².